The molecule has 3 N–H and O–H groups in total. The molecule has 3 aromatic carbocycles. The molecule has 0 aliphatic heterocycles. The Kier molecular flexibility index (Phi) is 7.04. The number of hydrogen-bond donors (Lipinski definition) is 2. The van der Waals surface area contributed by atoms with E-state index in [2.05, 4.69) is 9.97 Å². The van der Waals surface area contributed by atoms with Gasteiger partial charge in [-0.3, -0.25) is 10.0 Å². The van der Waals surface area contributed by atoms with Gasteiger partial charge in [0.2, 0.25) is 0 Å². The van der Waals surface area contributed by atoms with Gasteiger partial charge in [0.05, 0.1) is 11.7 Å². The Balaban J connectivity index is 1.42. The van der Waals surface area contributed by atoms with Crippen LogP contribution in [0.3, 0.4) is 0 Å². The van der Waals surface area contributed by atoms with Crippen molar-refractivity contribution < 1.29 is 14.7 Å². The first-order valence-corrected chi connectivity index (χ1v) is 10.5. The highest BCUT2D eigenvalue weighted by Crippen LogP contribution is 2.23. The SMILES string of the molecule is N[C@@H](Cc1ccccc1)C(=O)N(O)c1cc(-c2ccc(OCc3ccccc3)cc2)ncn1. The Morgan fingerprint density at radius 2 is 1.55 bits per heavy atom. The first-order valence-electron chi connectivity index (χ1n) is 10.5. The van der Waals surface area contributed by atoms with Crippen molar-refractivity contribution in [3.05, 3.63) is 108 Å². The van der Waals surface area contributed by atoms with E-state index in [1.165, 1.54) is 12.4 Å². The summed E-state index contributed by atoms with van der Waals surface area (Å²) >= 11 is 0. The van der Waals surface area contributed by atoms with E-state index in [-0.39, 0.29) is 5.82 Å². The van der Waals surface area contributed by atoms with Gasteiger partial charge < -0.3 is 10.5 Å². The van der Waals surface area contributed by atoms with Gasteiger partial charge in [-0.05, 0) is 41.8 Å². The van der Waals surface area contributed by atoms with E-state index >= 15 is 0 Å². The smallest absolute Gasteiger partial charge is 0.269 e. The number of aromatic nitrogens is 2. The highest BCUT2D eigenvalue weighted by atomic mass is 16.5. The molecule has 0 saturated carbocycles. The number of carbonyl (C=O) groups excluding carboxylic acids is 1. The van der Waals surface area contributed by atoms with Gasteiger partial charge in [-0.25, -0.2) is 9.97 Å². The molecule has 0 spiro atoms. The number of carbonyl (C=O) groups is 1. The van der Waals surface area contributed by atoms with Crippen LogP contribution in [0.4, 0.5) is 5.82 Å². The minimum Gasteiger partial charge on any atom is -0.489 e. The molecule has 1 aromatic heterocycles. The summed E-state index contributed by atoms with van der Waals surface area (Å²) in [6.07, 6.45) is 1.60. The summed E-state index contributed by atoms with van der Waals surface area (Å²) in [5.74, 6) is 0.133. The van der Waals surface area contributed by atoms with Crippen LogP contribution in [0.2, 0.25) is 0 Å². The van der Waals surface area contributed by atoms with E-state index < -0.39 is 11.9 Å². The molecule has 7 heteroatoms. The van der Waals surface area contributed by atoms with Crippen LogP contribution >= 0.6 is 0 Å². The van der Waals surface area contributed by atoms with Gasteiger partial charge in [0.25, 0.3) is 5.91 Å². The van der Waals surface area contributed by atoms with E-state index in [1.807, 2.05) is 84.9 Å². The summed E-state index contributed by atoms with van der Waals surface area (Å²) in [7, 11) is 0. The zero-order chi connectivity index (χ0) is 23.0. The summed E-state index contributed by atoms with van der Waals surface area (Å²) in [6.45, 7) is 0.475. The number of anilines is 1. The highest BCUT2D eigenvalue weighted by Gasteiger charge is 2.23. The molecule has 0 aliphatic carbocycles. The van der Waals surface area contributed by atoms with Crippen molar-refractivity contribution >= 4 is 11.7 Å². The lowest BCUT2D eigenvalue weighted by Crippen LogP contribution is -2.43. The molecule has 1 heterocycles. The molecule has 0 fully saturated rings. The molecule has 33 heavy (non-hydrogen) atoms. The van der Waals surface area contributed by atoms with Gasteiger partial charge in [-0.15, -0.1) is 0 Å². The van der Waals surface area contributed by atoms with E-state index in [0.717, 1.165) is 22.4 Å². The first kappa shape index (κ1) is 22.1. The van der Waals surface area contributed by atoms with E-state index in [9.17, 15) is 10.0 Å². The van der Waals surface area contributed by atoms with Gasteiger partial charge >= 0.3 is 0 Å². The number of hydrogen-bond acceptors (Lipinski definition) is 6. The minimum absolute atomic E-state index is 0.0536. The van der Waals surface area contributed by atoms with Crippen molar-refractivity contribution in [2.24, 2.45) is 5.73 Å². The predicted octanol–water partition coefficient (Wildman–Crippen LogP) is 4.01. The van der Waals surface area contributed by atoms with E-state index in [0.29, 0.717) is 23.8 Å². The molecule has 0 radical (unpaired) electrons. The highest BCUT2D eigenvalue weighted by molar-refractivity contribution is 5.94. The summed E-state index contributed by atoms with van der Waals surface area (Å²) in [6, 6.07) is 27.3. The van der Waals surface area contributed by atoms with Crippen LogP contribution in [0.1, 0.15) is 11.1 Å². The lowest BCUT2D eigenvalue weighted by Gasteiger charge is -2.18. The molecular weight excluding hydrogens is 416 g/mol. The molecule has 4 rings (SSSR count). The van der Waals surface area contributed by atoms with Crippen LogP contribution in [-0.2, 0) is 17.8 Å². The molecule has 4 aromatic rings. The van der Waals surface area contributed by atoms with Crippen molar-refractivity contribution in [2.45, 2.75) is 19.1 Å². The largest absolute Gasteiger partial charge is 0.489 e. The average molecular weight is 441 g/mol. The van der Waals surface area contributed by atoms with Crippen LogP contribution in [0.15, 0.2) is 97.3 Å². The zero-order valence-corrected chi connectivity index (χ0v) is 17.9. The third-order valence-electron chi connectivity index (χ3n) is 5.09. The third kappa shape index (κ3) is 5.79. The van der Waals surface area contributed by atoms with Crippen molar-refractivity contribution in [2.75, 3.05) is 5.06 Å². The van der Waals surface area contributed by atoms with Crippen LogP contribution in [-0.4, -0.2) is 27.1 Å². The van der Waals surface area contributed by atoms with E-state index in [4.69, 9.17) is 10.5 Å². The summed E-state index contributed by atoms with van der Waals surface area (Å²) in [4.78, 5) is 20.9. The fraction of sp³-hybridized carbons (Fsp3) is 0.115. The normalized spacial score (nSPS) is 11.6. The second-order valence-electron chi connectivity index (χ2n) is 7.51. The minimum atomic E-state index is -0.906. The molecule has 1 atom stereocenters. The molecule has 166 valence electrons. The number of nitrogens with zero attached hydrogens (tertiary/aromatic N) is 3. The average Bonchev–Trinajstić information content (AvgIpc) is 2.88. The van der Waals surface area contributed by atoms with Crippen LogP contribution < -0.4 is 15.5 Å². The number of ether oxygens (including phenoxy) is 1. The quantitative estimate of drug-likeness (QED) is 0.317. The van der Waals surface area contributed by atoms with Gasteiger partial charge in [0, 0.05) is 11.6 Å². The second kappa shape index (κ2) is 10.5. The van der Waals surface area contributed by atoms with Crippen LogP contribution in [0.25, 0.3) is 11.3 Å². The third-order valence-corrected chi connectivity index (χ3v) is 5.09. The maximum atomic E-state index is 12.6. The van der Waals surface area contributed by atoms with E-state index in [1.54, 1.807) is 0 Å². The monoisotopic (exact) mass is 440 g/mol. The van der Waals surface area contributed by atoms with Crippen molar-refractivity contribution in [3.63, 3.8) is 0 Å². The molecule has 0 aliphatic rings. The summed E-state index contributed by atoms with van der Waals surface area (Å²) < 4.78 is 5.81. The fourth-order valence-corrected chi connectivity index (χ4v) is 3.31. The lowest BCUT2D eigenvalue weighted by atomic mass is 10.1. The van der Waals surface area contributed by atoms with Crippen LogP contribution in [0, 0.1) is 0 Å². The summed E-state index contributed by atoms with van der Waals surface area (Å²) in [5, 5.41) is 10.9. The van der Waals surface area contributed by atoms with Gasteiger partial charge in [-0.2, -0.15) is 5.06 Å². The Morgan fingerprint density at radius 3 is 2.21 bits per heavy atom. The Labute approximate surface area is 192 Å². The lowest BCUT2D eigenvalue weighted by molar-refractivity contribution is -0.125. The molecule has 0 saturated heterocycles. The molecule has 1 amide bonds. The Hall–Kier alpha value is -4.07. The molecular formula is C26H24N4O3. The standard InChI is InChI=1S/C26H24N4O3/c27-23(15-19-7-3-1-4-8-19)26(31)30(32)25-16-24(28-18-29-25)21-11-13-22(14-12-21)33-17-20-9-5-2-6-10-20/h1-14,16,18,23,32H,15,17,27H2/t23-/m0/s1. The maximum Gasteiger partial charge on any atom is 0.269 e. The number of benzene rings is 3. The van der Waals surface area contributed by atoms with Crippen molar-refractivity contribution in [1.29, 1.82) is 0 Å². The topological polar surface area (TPSA) is 102 Å². The molecule has 0 unspecified atom stereocenters. The van der Waals surface area contributed by atoms with Gasteiger partial charge in [-0.1, -0.05) is 60.7 Å². The Bertz CT molecular complexity index is 1190. The fourth-order valence-electron chi connectivity index (χ4n) is 3.31. The first-order chi connectivity index (χ1) is 16.1. The van der Waals surface area contributed by atoms with Gasteiger partial charge in [0.1, 0.15) is 18.7 Å². The number of hydroxylamine groups is 1. The maximum absolute atomic E-state index is 12.6. The van der Waals surface area contributed by atoms with Gasteiger partial charge in [0.15, 0.2) is 5.82 Å². The van der Waals surface area contributed by atoms with Crippen LogP contribution in [0.5, 0.6) is 5.75 Å². The van der Waals surface area contributed by atoms with Crippen molar-refractivity contribution in [3.8, 4) is 17.0 Å². The molecule has 7 nitrogen and oxygen atoms in total. The second-order valence-corrected chi connectivity index (χ2v) is 7.51. The number of amides is 1. The summed E-state index contributed by atoms with van der Waals surface area (Å²) in [5.41, 5.74) is 9.35. The molecule has 0 bridgehead atoms. The van der Waals surface area contributed by atoms with Crippen molar-refractivity contribution in [1.82, 2.24) is 9.97 Å². The zero-order valence-electron chi connectivity index (χ0n) is 17.9. The number of nitrogens with two attached hydrogens (primary N) is 1. The predicted molar refractivity (Wildman–Crippen MR) is 126 cm³/mol. The Morgan fingerprint density at radius 1 is 0.909 bits per heavy atom. The number of rotatable bonds is 8.